The SMILES string of the molecule is CC(C(F)F)C(NC(=O)c1ccc(C#Cc2ccc(N)s2)cc1)C(N)=O. The lowest BCUT2D eigenvalue weighted by molar-refractivity contribution is -0.122. The van der Waals surface area contributed by atoms with Crippen molar-refractivity contribution in [3.05, 3.63) is 52.4 Å². The molecule has 0 spiro atoms. The minimum atomic E-state index is -2.78. The first-order valence-electron chi connectivity index (χ1n) is 7.63. The fraction of sp³-hybridized carbons (Fsp3) is 0.222. The lowest BCUT2D eigenvalue weighted by Crippen LogP contribution is -2.50. The Kier molecular flexibility index (Phi) is 6.31. The maximum atomic E-state index is 12.8. The number of nitrogens with one attached hydrogen (secondary N) is 1. The predicted octanol–water partition coefficient (Wildman–Crippen LogP) is 2.21. The second-order valence-electron chi connectivity index (χ2n) is 5.58. The molecule has 2 amide bonds. The van der Waals surface area contributed by atoms with E-state index in [1.54, 1.807) is 18.2 Å². The van der Waals surface area contributed by atoms with Crippen LogP contribution in [0.4, 0.5) is 13.8 Å². The van der Waals surface area contributed by atoms with Crippen LogP contribution in [0.3, 0.4) is 0 Å². The summed E-state index contributed by atoms with van der Waals surface area (Å²) in [6.07, 6.45) is -2.78. The van der Waals surface area contributed by atoms with E-state index in [-0.39, 0.29) is 5.56 Å². The van der Waals surface area contributed by atoms with E-state index in [4.69, 9.17) is 11.5 Å². The second-order valence-corrected chi connectivity index (χ2v) is 6.69. The number of nitrogen functional groups attached to an aromatic ring is 1. The number of thiophene rings is 1. The molecule has 136 valence electrons. The molecule has 2 atom stereocenters. The maximum Gasteiger partial charge on any atom is 0.251 e. The number of primary amides is 1. The number of benzene rings is 1. The van der Waals surface area contributed by atoms with Gasteiger partial charge in [-0.2, -0.15) is 0 Å². The molecule has 1 aromatic carbocycles. The number of hydrogen-bond acceptors (Lipinski definition) is 4. The molecule has 0 saturated heterocycles. The number of nitrogens with two attached hydrogens (primary N) is 2. The molecule has 1 aromatic heterocycles. The third-order valence-electron chi connectivity index (χ3n) is 3.62. The first kappa shape index (κ1) is 19.4. The minimum absolute atomic E-state index is 0.212. The topological polar surface area (TPSA) is 98.2 Å². The number of carbonyl (C=O) groups is 2. The highest BCUT2D eigenvalue weighted by Crippen LogP contribution is 2.17. The van der Waals surface area contributed by atoms with Crippen LogP contribution in [0.2, 0.25) is 0 Å². The zero-order valence-corrected chi connectivity index (χ0v) is 14.6. The molecular formula is C18H17F2N3O2S. The lowest BCUT2D eigenvalue weighted by atomic mass is 10.0. The molecule has 2 unspecified atom stereocenters. The summed E-state index contributed by atoms with van der Waals surface area (Å²) in [5.74, 6) is 2.82. The van der Waals surface area contributed by atoms with Crippen molar-refractivity contribution in [3.8, 4) is 11.8 Å². The highest BCUT2D eigenvalue weighted by atomic mass is 32.1. The van der Waals surface area contributed by atoms with Gasteiger partial charge in [-0.05, 0) is 36.4 Å². The van der Waals surface area contributed by atoms with Gasteiger partial charge in [0.05, 0.1) is 9.88 Å². The fourth-order valence-corrected chi connectivity index (χ4v) is 2.72. The molecule has 0 saturated carbocycles. The Hall–Kier alpha value is -2.92. The van der Waals surface area contributed by atoms with Gasteiger partial charge in [-0.1, -0.05) is 18.8 Å². The maximum absolute atomic E-state index is 12.8. The van der Waals surface area contributed by atoms with Crippen molar-refractivity contribution < 1.29 is 18.4 Å². The molecule has 5 nitrogen and oxygen atoms in total. The summed E-state index contributed by atoms with van der Waals surface area (Å²) in [6, 6.07) is 8.34. The zero-order chi connectivity index (χ0) is 19.3. The molecule has 0 aliphatic heterocycles. The van der Waals surface area contributed by atoms with Crippen LogP contribution in [0.25, 0.3) is 0 Å². The predicted molar refractivity (Wildman–Crippen MR) is 96.8 cm³/mol. The molecule has 0 aliphatic rings. The molecule has 1 heterocycles. The summed E-state index contributed by atoms with van der Waals surface area (Å²) in [4.78, 5) is 24.3. The van der Waals surface area contributed by atoms with Gasteiger partial charge in [0.15, 0.2) is 0 Å². The lowest BCUT2D eigenvalue weighted by Gasteiger charge is -2.21. The van der Waals surface area contributed by atoms with E-state index in [0.29, 0.717) is 10.6 Å². The summed E-state index contributed by atoms with van der Waals surface area (Å²) >= 11 is 1.36. The van der Waals surface area contributed by atoms with Crippen molar-refractivity contribution in [1.29, 1.82) is 0 Å². The number of hydrogen-bond donors (Lipinski definition) is 3. The van der Waals surface area contributed by atoms with Crippen molar-refractivity contribution in [2.45, 2.75) is 19.4 Å². The third kappa shape index (κ3) is 5.04. The monoisotopic (exact) mass is 377 g/mol. The summed E-state index contributed by atoms with van der Waals surface area (Å²) < 4.78 is 25.6. The molecule has 0 aliphatic carbocycles. The van der Waals surface area contributed by atoms with Gasteiger partial charge < -0.3 is 16.8 Å². The van der Waals surface area contributed by atoms with Crippen LogP contribution < -0.4 is 16.8 Å². The number of amides is 2. The van der Waals surface area contributed by atoms with Crippen molar-refractivity contribution in [1.82, 2.24) is 5.32 Å². The Bertz CT molecular complexity index is 853. The van der Waals surface area contributed by atoms with Crippen molar-refractivity contribution in [3.63, 3.8) is 0 Å². The van der Waals surface area contributed by atoms with E-state index in [1.807, 2.05) is 6.07 Å². The number of alkyl halides is 2. The van der Waals surface area contributed by atoms with Crippen molar-refractivity contribution >= 4 is 28.2 Å². The standard InChI is InChI=1S/C18H17F2N3O2S/c1-10(16(19)20)15(17(22)24)23-18(25)12-5-2-11(3-6-12)4-7-13-8-9-14(21)26-13/h2-3,5-6,8-10,15-16H,21H2,1H3,(H2,22,24)(H,23,25). The zero-order valence-electron chi connectivity index (χ0n) is 13.8. The molecule has 8 heteroatoms. The molecule has 0 bridgehead atoms. The van der Waals surface area contributed by atoms with Gasteiger partial charge in [0, 0.05) is 17.0 Å². The largest absolute Gasteiger partial charge is 0.391 e. The summed E-state index contributed by atoms with van der Waals surface area (Å²) in [7, 11) is 0. The first-order chi connectivity index (χ1) is 12.3. The number of halogens is 2. The molecule has 2 rings (SSSR count). The van der Waals surface area contributed by atoms with Crippen LogP contribution in [-0.2, 0) is 4.79 Å². The first-order valence-corrected chi connectivity index (χ1v) is 8.45. The van der Waals surface area contributed by atoms with E-state index in [0.717, 1.165) is 11.8 Å². The van der Waals surface area contributed by atoms with E-state index in [9.17, 15) is 18.4 Å². The van der Waals surface area contributed by atoms with E-state index < -0.39 is 30.2 Å². The Balaban J connectivity index is 2.08. The molecular weight excluding hydrogens is 360 g/mol. The quantitative estimate of drug-likeness (QED) is 0.697. The highest BCUT2D eigenvalue weighted by molar-refractivity contribution is 7.16. The van der Waals surface area contributed by atoms with Crippen LogP contribution in [0.5, 0.6) is 0 Å². The normalized spacial score (nSPS) is 12.8. The van der Waals surface area contributed by atoms with Crippen LogP contribution in [-0.4, -0.2) is 24.3 Å². The number of rotatable bonds is 5. The highest BCUT2D eigenvalue weighted by Gasteiger charge is 2.31. The number of carbonyl (C=O) groups excluding carboxylic acids is 2. The average molecular weight is 377 g/mol. The molecule has 5 N–H and O–H groups in total. The summed E-state index contributed by atoms with van der Waals surface area (Å²) in [5, 5.41) is 2.92. The van der Waals surface area contributed by atoms with Gasteiger partial charge in [-0.25, -0.2) is 8.78 Å². The summed E-state index contributed by atoms with van der Waals surface area (Å²) in [5.41, 5.74) is 11.6. The van der Waals surface area contributed by atoms with Crippen LogP contribution >= 0.6 is 11.3 Å². The Morgan fingerprint density at radius 2 is 1.77 bits per heavy atom. The van der Waals surface area contributed by atoms with Gasteiger partial charge in [-0.3, -0.25) is 9.59 Å². The minimum Gasteiger partial charge on any atom is -0.391 e. The Labute approximate surface area is 153 Å². The van der Waals surface area contributed by atoms with E-state index in [2.05, 4.69) is 17.2 Å². The van der Waals surface area contributed by atoms with Crippen LogP contribution in [0.15, 0.2) is 36.4 Å². The number of anilines is 1. The van der Waals surface area contributed by atoms with E-state index in [1.165, 1.54) is 23.5 Å². The second kappa shape index (κ2) is 8.45. The molecule has 2 aromatic rings. The fourth-order valence-electron chi connectivity index (χ4n) is 2.09. The van der Waals surface area contributed by atoms with Crippen LogP contribution in [0, 0.1) is 17.8 Å². The molecule has 0 fully saturated rings. The van der Waals surface area contributed by atoms with Gasteiger partial charge in [-0.15, -0.1) is 11.3 Å². The van der Waals surface area contributed by atoms with Gasteiger partial charge in [0.1, 0.15) is 6.04 Å². The van der Waals surface area contributed by atoms with E-state index >= 15 is 0 Å². The Morgan fingerprint density at radius 1 is 1.12 bits per heavy atom. The van der Waals surface area contributed by atoms with Crippen LogP contribution in [0.1, 0.15) is 27.7 Å². The smallest absolute Gasteiger partial charge is 0.251 e. The average Bonchev–Trinajstić information content (AvgIpc) is 3.02. The third-order valence-corrected chi connectivity index (χ3v) is 4.45. The summed E-state index contributed by atoms with van der Waals surface area (Å²) in [6.45, 7) is 1.15. The molecule has 0 radical (unpaired) electrons. The van der Waals surface area contributed by atoms with Gasteiger partial charge in [0.2, 0.25) is 12.3 Å². The van der Waals surface area contributed by atoms with Gasteiger partial charge in [0.25, 0.3) is 5.91 Å². The van der Waals surface area contributed by atoms with Crippen molar-refractivity contribution in [2.75, 3.05) is 5.73 Å². The van der Waals surface area contributed by atoms with Crippen molar-refractivity contribution in [2.24, 2.45) is 11.7 Å². The Morgan fingerprint density at radius 3 is 2.27 bits per heavy atom. The van der Waals surface area contributed by atoms with Gasteiger partial charge >= 0.3 is 0 Å². The molecule has 26 heavy (non-hydrogen) atoms.